The molecule has 0 rings (SSSR count). The third-order valence-corrected chi connectivity index (χ3v) is 8.17. The van der Waals surface area contributed by atoms with Gasteiger partial charge in [-0.2, -0.15) is 0 Å². The van der Waals surface area contributed by atoms with E-state index < -0.39 is 10.9 Å². The van der Waals surface area contributed by atoms with Gasteiger partial charge in [-0.05, 0) is 0 Å². The molecule has 0 aliphatic carbocycles. The zero-order valence-corrected chi connectivity index (χ0v) is 7.06. The van der Waals surface area contributed by atoms with E-state index in [0.29, 0.717) is 0 Å². The van der Waals surface area contributed by atoms with Crippen molar-refractivity contribution in [3.8, 4) is 0 Å². The Kier molecular flexibility index (Phi) is 2.30. The minimum atomic E-state index is -3.22. The van der Waals surface area contributed by atoms with Crippen LogP contribution in [0.25, 0.3) is 0 Å². The van der Waals surface area contributed by atoms with Gasteiger partial charge in [0.05, 0.1) is 0 Å². The van der Waals surface area contributed by atoms with E-state index in [4.69, 9.17) is 0 Å². The number of hydrogen-bond acceptors (Lipinski definition) is 2. The molecule has 0 aromatic rings. The molecule has 0 aromatic carbocycles. The summed E-state index contributed by atoms with van der Waals surface area (Å²) in [4.78, 5) is 0. The maximum absolute atomic E-state index is 10.1. The van der Waals surface area contributed by atoms with Gasteiger partial charge in [-0.25, -0.2) is 0 Å². The SMILES string of the molecule is C[Se][Se](C)(=O)=O. The van der Waals surface area contributed by atoms with E-state index in [0.717, 1.165) is 0 Å². The van der Waals surface area contributed by atoms with Crippen molar-refractivity contribution in [2.24, 2.45) is 0 Å². The molecule has 38 valence electrons. The summed E-state index contributed by atoms with van der Waals surface area (Å²) in [5, 5.41) is 0. The van der Waals surface area contributed by atoms with Gasteiger partial charge in [0.1, 0.15) is 0 Å². The standard InChI is InChI=1S/C2H6O2Se2/c1-5-6(2,3)4/h1-2H3. The Morgan fingerprint density at radius 2 is 1.67 bits per heavy atom. The Bertz CT molecular complexity index is 112. The fraction of sp³-hybridized carbons (Fsp3) is 1.00. The number of rotatable bonds is 1. The molecule has 0 aromatic heterocycles. The summed E-state index contributed by atoms with van der Waals surface area (Å²) in [5.74, 6) is 3.03. The Morgan fingerprint density at radius 1 is 1.50 bits per heavy atom. The van der Waals surface area contributed by atoms with Gasteiger partial charge in [0.2, 0.25) is 0 Å². The third-order valence-electron chi connectivity index (χ3n) is 0.303. The second-order valence-electron chi connectivity index (χ2n) is 0.871. The molecule has 0 heterocycles. The van der Waals surface area contributed by atoms with Crippen LogP contribution in [0.3, 0.4) is 0 Å². The van der Waals surface area contributed by atoms with E-state index in [1.54, 1.807) is 5.82 Å². The fourth-order valence-electron chi connectivity index (χ4n) is 0. The van der Waals surface area contributed by atoms with Crippen molar-refractivity contribution in [2.45, 2.75) is 11.6 Å². The van der Waals surface area contributed by atoms with Crippen molar-refractivity contribution in [3.63, 3.8) is 0 Å². The Labute approximate surface area is 43.6 Å². The van der Waals surface area contributed by atoms with Crippen molar-refractivity contribution < 1.29 is 7.67 Å². The molecule has 0 saturated heterocycles. The van der Waals surface area contributed by atoms with Gasteiger partial charge in [0.25, 0.3) is 0 Å². The van der Waals surface area contributed by atoms with Crippen LogP contribution in [-0.4, -0.2) is 24.0 Å². The molecule has 0 saturated carbocycles. The van der Waals surface area contributed by atoms with Gasteiger partial charge >= 0.3 is 43.3 Å². The maximum atomic E-state index is 10.1. The molecule has 0 bridgehead atoms. The molecule has 0 N–H and O–H groups in total. The molecule has 0 aliphatic rings. The zero-order valence-electron chi connectivity index (χ0n) is 3.63. The predicted molar refractivity (Wildman–Crippen MR) is 24.6 cm³/mol. The van der Waals surface area contributed by atoms with Crippen molar-refractivity contribution >= 4 is 24.0 Å². The van der Waals surface area contributed by atoms with Crippen LogP contribution in [0, 0.1) is 0 Å². The van der Waals surface area contributed by atoms with E-state index in [1.807, 2.05) is 0 Å². The van der Waals surface area contributed by atoms with E-state index in [1.165, 1.54) is 5.82 Å². The van der Waals surface area contributed by atoms with E-state index >= 15 is 0 Å². The van der Waals surface area contributed by atoms with E-state index in [9.17, 15) is 7.67 Å². The van der Waals surface area contributed by atoms with Crippen molar-refractivity contribution in [1.29, 1.82) is 0 Å². The molecule has 4 heteroatoms. The Hall–Kier alpha value is 0.639. The summed E-state index contributed by atoms with van der Waals surface area (Å²) in [6.07, 6.45) is 0. The molecule has 0 spiro atoms. The Morgan fingerprint density at radius 3 is 1.67 bits per heavy atom. The van der Waals surface area contributed by atoms with Crippen molar-refractivity contribution in [3.05, 3.63) is 0 Å². The molecule has 0 amide bonds. The van der Waals surface area contributed by atoms with Crippen LogP contribution < -0.4 is 0 Å². The molecule has 0 atom stereocenters. The average Bonchev–Trinajstić information content (AvgIpc) is 1.35. The third kappa shape index (κ3) is 4.64. The summed E-state index contributed by atoms with van der Waals surface area (Å²) in [6.45, 7) is 0. The molecule has 2 nitrogen and oxygen atoms in total. The molecule has 6 heavy (non-hydrogen) atoms. The molecular weight excluding hydrogens is 214 g/mol. The van der Waals surface area contributed by atoms with Crippen LogP contribution in [0.1, 0.15) is 0 Å². The van der Waals surface area contributed by atoms with Gasteiger partial charge in [0.15, 0.2) is 0 Å². The van der Waals surface area contributed by atoms with Gasteiger partial charge in [-0.15, -0.1) is 0 Å². The van der Waals surface area contributed by atoms with Gasteiger partial charge in [-0.3, -0.25) is 0 Å². The molecule has 0 fully saturated rings. The normalized spacial score (nSPS) is 11.7. The van der Waals surface area contributed by atoms with E-state index in [2.05, 4.69) is 0 Å². The van der Waals surface area contributed by atoms with Crippen LogP contribution >= 0.6 is 0 Å². The van der Waals surface area contributed by atoms with Crippen LogP contribution in [0.5, 0.6) is 0 Å². The molecule has 0 unspecified atom stereocenters. The Balaban J connectivity index is 3.85. The van der Waals surface area contributed by atoms with Crippen LogP contribution in [0.4, 0.5) is 0 Å². The summed E-state index contributed by atoms with van der Waals surface area (Å²) >= 11 is -0.142. The first-order chi connectivity index (χ1) is 2.56. The van der Waals surface area contributed by atoms with Crippen molar-refractivity contribution in [2.75, 3.05) is 0 Å². The summed E-state index contributed by atoms with van der Waals surface area (Å²) in [5.41, 5.74) is 0. The average molecular weight is 220 g/mol. The van der Waals surface area contributed by atoms with Crippen LogP contribution in [0.15, 0.2) is 0 Å². The number of hydrogen-bond donors (Lipinski definition) is 0. The minimum absolute atomic E-state index is 0.142. The second-order valence-corrected chi connectivity index (χ2v) is 14.8. The first kappa shape index (κ1) is 6.64. The van der Waals surface area contributed by atoms with Crippen LogP contribution in [-0.2, 0) is 7.67 Å². The zero-order chi connectivity index (χ0) is 5.21. The first-order valence-electron chi connectivity index (χ1n) is 1.32. The first-order valence-corrected chi connectivity index (χ1v) is 10.5. The van der Waals surface area contributed by atoms with Crippen LogP contribution in [0.2, 0.25) is 11.6 Å². The summed E-state index contributed by atoms with van der Waals surface area (Å²) in [6, 6.07) is 0. The second kappa shape index (κ2) is 2.08. The predicted octanol–water partition coefficient (Wildman–Crippen LogP) is 0.168. The fourth-order valence-corrected chi connectivity index (χ4v) is 0. The molecular formula is C2H6O2Se2. The molecule has 0 aliphatic heterocycles. The quantitative estimate of drug-likeness (QED) is 0.590. The van der Waals surface area contributed by atoms with Gasteiger partial charge in [0, 0.05) is 0 Å². The van der Waals surface area contributed by atoms with Gasteiger partial charge < -0.3 is 0 Å². The van der Waals surface area contributed by atoms with Gasteiger partial charge in [-0.1, -0.05) is 0 Å². The summed E-state index contributed by atoms with van der Waals surface area (Å²) in [7, 11) is -3.22. The monoisotopic (exact) mass is 222 g/mol. The molecule has 0 radical (unpaired) electrons. The summed E-state index contributed by atoms with van der Waals surface area (Å²) < 4.78 is 20.2. The van der Waals surface area contributed by atoms with E-state index in [-0.39, 0.29) is 13.1 Å². The topological polar surface area (TPSA) is 34.1 Å². The van der Waals surface area contributed by atoms with Crippen molar-refractivity contribution in [1.82, 2.24) is 0 Å².